The van der Waals surface area contributed by atoms with Crippen molar-refractivity contribution in [3.63, 3.8) is 0 Å². The second-order valence-electron chi connectivity index (χ2n) is 8.05. The molecule has 1 aliphatic heterocycles. The molecule has 1 aromatic heterocycles. The molecule has 0 unspecified atom stereocenters. The smallest absolute Gasteiger partial charge is 0.237 e. The fourth-order valence-corrected chi connectivity index (χ4v) is 4.24. The van der Waals surface area contributed by atoms with Crippen LogP contribution >= 0.6 is 0 Å². The van der Waals surface area contributed by atoms with E-state index >= 15 is 0 Å². The highest BCUT2D eigenvalue weighted by Crippen LogP contribution is 2.35. The minimum Gasteiger partial charge on any atom is -0.474 e. The van der Waals surface area contributed by atoms with Crippen LogP contribution in [0.2, 0.25) is 0 Å². The van der Waals surface area contributed by atoms with Crippen LogP contribution in [0, 0.1) is 0 Å². The third-order valence-corrected chi connectivity index (χ3v) is 5.91. The van der Waals surface area contributed by atoms with E-state index in [1.807, 2.05) is 30.3 Å². The molecule has 0 bridgehead atoms. The van der Waals surface area contributed by atoms with Crippen molar-refractivity contribution in [3.05, 3.63) is 121 Å². The fraction of sp³-hybridized carbons (Fsp3) is 0.0690. The third kappa shape index (κ3) is 3.76. The number of aromatic nitrogens is 2. The number of hydrogen-bond acceptors (Lipinski definition) is 4. The van der Waals surface area contributed by atoms with Gasteiger partial charge in [0.05, 0.1) is 17.2 Å². The van der Waals surface area contributed by atoms with Crippen molar-refractivity contribution in [2.75, 3.05) is 6.61 Å². The van der Waals surface area contributed by atoms with Crippen LogP contribution in [-0.2, 0) is 4.74 Å². The van der Waals surface area contributed by atoms with Gasteiger partial charge in [0.1, 0.15) is 18.3 Å². The first-order valence-electron chi connectivity index (χ1n) is 11.0. The SMILES string of the molecule is c1ccc(-c2cc3ncc(C4=N[C@H](c5ccccc5)CO4)nc3cc2-c2ccccc2)cc1. The maximum Gasteiger partial charge on any atom is 0.237 e. The molecule has 0 saturated heterocycles. The van der Waals surface area contributed by atoms with Crippen molar-refractivity contribution in [2.45, 2.75) is 6.04 Å². The summed E-state index contributed by atoms with van der Waals surface area (Å²) in [6.07, 6.45) is 1.76. The van der Waals surface area contributed by atoms with Crippen LogP contribution in [0.5, 0.6) is 0 Å². The van der Waals surface area contributed by atoms with Crippen LogP contribution in [0.3, 0.4) is 0 Å². The highest BCUT2D eigenvalue weighted by atomic mass is 16.5. The molecule has 0 N–H and O–H groups in total. The number of fused-ring (bicyclic) bond motifs is 1. The maximum absolute atomic E-state index is 5.91. The summed E-state index contributed by atoms with van der Waals surface area (Å²) in [5.41, 5.74) is 8.01. The van der Waals surface area contributed by atoms with Gasteiger partial charge in [-0.25, -0.2) is 9.98 Å². The summed E-state index contributed by atoms with van der Waals surface area (Å²) >= 11 is 0. The van der Waals surface area contributed by atoms with Gasteiger partial charge in [0, 0.05) is 0 Å². The van der Waals surface area contributed by atoms with Crippen LogP contribution in [-0.4, -0.2) is 22.5 Å². The standard InChI is InChI=1S/C29H21N3O/c1-4-10-20(11-5-1)23-16-25-26(17-24(23)21-12-6-2-7-13-21)31-27(18-30-25)29-32-28(19-33-29)22-14-8-3-9-15-22/h1-18,28H,19H2/t28-/m0/s1. The summed E-state index contributed by atoms with van der Waals surface area (Å²) in [4.78, 5) is 14.4. The third-order valence-electron chi connectivity index (χ3n) is 5.91. The Morgan fingerprint density at radius 3 is 1.88 bits per heavy atom. The average Bonchev–Trinajstić information content (AvgIpc) is 3.40. The molecule has 4 aromatic carbocycles. The Hall–Kier alpha value is -4.31. The predicted octanol–water partition coefficient (Wildman–Crippen LogP) is 6.48. The zero-order valence-electron chi connectivity index (χ0n) is 17.9. The van der Waals surface area contributed by atoms with E-state index in [1.54, 1.807) is 6.20 Å². The first kappa shape index (κ1) is 19.4. The van der Waals surface area contributed by atoms with Crippen LogP contribution in [0.15, 0.2) is 114 Å². The average molecular weight is 428 g/mol. The van der Waals surface area contributed by atoms with Gasteiger partial charge in [-0.1, -0.05) is 91.0 Å². The molecule has 0 fully saturated rings. The van der Waals surface area contributed by atoms with Crippen LogP contribution < -0.4 is 0 Å². The van der Waals surface area contributed by atoms with Crippen molar-refractivity contribution in [1.29, 1.82) is 0 Å². The van der Waals surface area contributed by atoms with E-state index in [4.69, 9.17) is 19.7 Å². The highest BCUT2D eigenvalue weighted by Gasteiger charge is 2.23. The van der Waals surface area contributed by atoms with Gasteiger partial charge in [0.2, 0.25) is 5.90 Å². The molecule has 0 radical (unpaired) electrons. The lowest BCUT2D eigenvalue weighted by Crippen LogP contribution is -2.05. The van der Waals surface area contributed by atoms with Gasteiger partial charge in [-0.15, -0.1) is 0 Å². The van der Waals surface area contributed by atoms with E-state index in [1.165, 1.54) is 0 Å². The largest absolute Gasteiger partial charge is 0.474 e. The summed E-state index contributed by atoms with van der Waals surface area (Å²) in [5, 5.41) is 0. The second kappa shape index (κ2) is 8.32. The number of benzene rings is 4. The molecule has 6 rings (SSSR count). The van der Waals surface area contributed by atoms with E-state index in [9.17, 15) is 0 Å². The zero-order chi connectivity index (χ0) is 22.0. The number of hydrogen-bond donors (Lipinski definition) is 0. The first-order chi connectivity index (χ1) is 16.3. The van der Waals surface area contributed by atoms with Gasteiger partial charge >= 0.3 is 0 Å². The van der Waals surface area contributed by atoms with Gasteiger partial charge in [0.15, 0.2) is 0 Å². The lowest BCUT2D eigenvalue weighted by atomic mass is 9.94. The number of rotatable bonds is 4. The van der Waals surface area contributed by atoms with Crippen LogP contribution in [0.1, 0.15) is 17.3 Å². The van der Waals surface area contributed by atoms with Crippen LogP contribution in [0.25, 0.3) is 33.3 Å². The Bertz CT molecular complexity index is 1450. The number of nitrogens with zero attached hydrogens (tertiary/aromatic N) is 3. The van der Waals surface area contributed by atoms with E-state index in [0.717, 1.165) is 38.9 Å². The van der Waals surface area contributed by atoms with Gasteiger partial charge in [-0.2, -0.15) is 0 Å². The van der Waals surface area contributed by atoms with Gasteiger partial charge < -0.3 is 4.74 Å². The first-order valence-corrected chi connectivity index (χ1v) is 11.0. The molecule has 0 saturated carbocycles. The summed E-state index contributed by atoms with van der Waals surface area (Å²) in [6, 6.07) is 35.2. The fourth-order valence-electron chi connectivity index (χ4n) is 4.24. The maximum atomic E-state index is 5.91. The molecule has 1 aliphatic rings. The molecule has 4 heteroatoms. The monoisotopic (exact) mass is 427 g/mol. The molecule has 0 spiro atoms. The minimum absolute atomic E-state index is 0.0148. The normalized spacial score (nSPS) is 15.3. The lowest BCUT2D eigenvalue weighted by Gasteiger charge is -2.12. The number of ether oxygens (including phenoxy) is 1. The van der Waals surface area contributed by atoms with E-state index in [0.29, 0.717) is 18.2 Å². The number of aliphatic imine (C=N–C) groups is 1. The topological polar surface area (TPSA) is 47.4 Å². The van der Waals surface area contributed by atoms with E-state index in [2.05, 4.69) is 72.8 Å². The zero-order valence-corrected chi connectivity index (χ0v) is 17.9. The Labute approximate surface area is 192 Å². The summed E-state index contributed by atoms with van der Waals surface area (Å²) in [5.74, 6) is 0.548. The highest BCUT2D eigenvalue weighted by molar-refractivity contribution is 5.97. The van der Waals surface area contributed by atoms with Gasteiger partial charge in [0.25, 0.3) is 0 Å². The van der Waals surface area contributed by atoms with Gasteiger partial charge in [-0.3, -0.25) is 4.98 Å². The Kier molecular flexibility index (Phi) is 4.89. The van der Waals surface area contributed by atoms with Crippen molar-refractivity contribution >= 4 is 16.9 Å². The molecular weight excluding hydrogens is 406 g/mol. The molecule has 0 amide bonds. The summed E-state index contributed by atoms with van der Waals surface area (Å²) < 4.78 is 5.91. The van der Waals surface area contributed by atoms with Crippen molar-refractivity contribution < 1.29 is 4.74 Å². The predicted molar refractivity (Wildman–Crippen MR) is 132 cm³/mol. The van der Waals surface area contributed by atoms with E-state index < -0.39 is 0 Å². The van der Waals surface area contributed by atoms with Crippen molar-refractivity contribution in [1.82, 2.24) is 9.97 Å². The summed E-state index contributed by atoms with van der Waals surface area (Å²) in [7, 11) is 0. The molecule has 1 atom stereocenters. The van der Waals surface area contributed by atoms with Gasteiger partial charge in [-0.05, 0) is 39.9 Å². The van der Waals surface area contributed by atoms with Crippen molar-refractivity contribution in [2.24, 2.45) is 4.99 Å². The van der Waals surface area contributed by atoms with E-state index in [-0.39, 0.29) is 6.04 Å². The Morgan fingerprint density at radius 1 is 0.667 bits per heavy atom. The Morgan fingerprint density at radius 2 is 1.24 bits per heavy atom. The molecule has 4 nitrogen and oxygen atoms in total. The Balaban J connectivity index is 1.45. The lowest BCUT2D eigenvalue weighted by molar-refractivity contribution is 0.319. The molecule has 5 aromatic rings. The molecule has 33 heavy (non-hydrogen) atoms. The molecule has 2 heterocycles. The second-order valence-corrected chi connectivity index (χ2v) is 8.05. The molecular formula is C29H21N3O. The van der Waals surface area contributed by atoms with Crippen molar-refractivity contribution in [3.8, 4) is 22.3 Å². The molecule has 158 valence electrons. The quantitative estimate of drug-likeness (QED) is 0.330. The van der Waals surface area contributed by atoms with Crippen LogP contribution in [0.4, 0.5) is 0 Å². The summed E-state index contributed by atoms with van der Waals surface area (Å²) in [6.45, 7) is 0.515. The minimum atomic E-state index is -0.0148. The molecule has 0 aliphatic carbocycles.